The summed E-state index contributed by atoms with van der Waals surface area (Å²) in [5, 5.41) is 11.1. The summed E-state index contributed by atoms with van der Waals surface area (Å²) in [6.45, 7) is 1.85. The highest BCUT2D eigenvalue weighted by molar-refractivity contribution is 6.06. The van der Waals surface area contributed by atoms with E-state index in [9.17, 15) is 4.79 Å². The number of benzene rings is 3. The molecule has 1 unspecified atom stereocenters. The summed E-state index contributed by atoms with van der Waals surface area (Å²) >= 11 is 0. The summed E-state index contributed by atoms with van der Waals surface area (Å²) in [6, 6.07) is 22.0. The van der Waals surface area contributed by atoms with Crippen molar-refractivity contribution < 1.29 is 19.0 Å². The summed E-state index contributed by atoms with van der Waals surface area (Å²) in [5.41, 5.74) is 3.36. The summed E-state index contributed by atoms with van der Waals surface area (Å²) in [5.74, 6) is 2.48. The van der Waals surface area contributed by atoms with Gasteiger partial charge in [-0.15, -0.1) is 5.10 Å². The summed E-state index contributed by atoms with van der Waals surface area (Å²) in [4.78, 5) is 18.5. The van der Waals surface area contributed by atoms with Crippen molar-refractivity contribution in [3.63, 3.8) is 0 Å². The van der Waals surface area contributed by atoms with Gasteiger partial charge in [-0.3, -0.25) is 4.79 Å². The van der Waals surface area contributed by atoms with Crippen LogP contribution in [0.15, 0.2) is 84.1 Å². The van der Waals surface area contributed by atoms with Crippen molar-refractivity contribution in [3.05, 3.63) is 89.6 Å². The molecule has 1 amide bonds. The molecule has 9 heteroatoms. The minimum absolute atomic E-state index is 0.295. The first kappa shape index (κ1) is 23.9. The Morgan fingerprint density at radius 1 is 0.892 bits per heavy atom. The molecule has 2 heterocycles. The van der Waals surface area contributed by atoms with Gasteiger partial charge < -0.3 is 24.8 Å². The van der Waals surface area contributed by atoms with E-state index in [-0.39, 0.29) is 5.91 Å². The van der Waals surface area contributed by atoms with Gasteiger partial charge >= 0.3 is 0 Å². The Balaban J connectivity index is 1.63. The first-order chi connectivity index (χ1) is 18.0. The second kappa shape index (κ2) is 10.1. The third kappa shape index (κ3) is 4.47. The van der Waals surface area contributed by atoms with Crippen molar-refractivity contribution >= 4 is 17.5 Å². The van der Waals surface area contributed by atoms with Crippen LogP contribution in [0.25, 0.3) is 11.4 Å². The number of aromatic nitrogens is 3. The Labute approximate surface area is 214 Å². The highest BCUT2D eigenvalue weighted by atomic mass is 16.5. The van der Waals surface area contributed by atoms with Crippen LogP contribution in [0.2, 0.25) is 0 Å². The van der Waals surface area contributed by atoms with Crippen LogP contribution in [-0.2, 0) is 4.79 Å². The Hall–Kier alpha value is -4.79. The maximum Gasteiger partial charge on any atom is 0.255 e. The number of carbonyl (C=O) groups is 1. The number of fused-ring (bicyclic) bond motifs is 1. The van der Waals surface area contributed by atoms with Gasteiger partial charge in [-0.1, -0.05) is 48.5 Å². The third-order valence-electron chi connectivity index (χ3n) is 6.21. The molecule has 4 aromatic rings. The van der Waals surface area contributed by atoms with Crippen LogP contribution in [0.1, 0.15) is 18.5 Å². The lowest BCUT2D eigenvalue weighted by molar-refractivity contribution is -0.113. The number of rotatable bonds is 7. The quantitative estimate of drug-likeness (QED) is 0.375. The summed E-state index contributed by atoms with van der Waals surface area (Å²) < 4.78 is 18.2. The SMILES string of the molecule is COc1ccccc1NC(=O)C1=C(C)Nc2nc(-c3ccccc3)nn2C1c1ccc(OC)c(OC)c1. The minimum atomic E-state index is -0.587. The molecule has 0 fully saturated rings. The predicted molar refractivity (Wildman–Crippen MR) is 141 cm³/mol. The van der Waals surface area contributed by atoms with E-state index < -0.39 is 6.04 Å². The fourth-order valence-electron chi connectivity index (χ4n) is 4.42. The lowest BCUT2D eigenvalue weighted by atomic mass is 9.94. The molecule has 1 atom stereocenters. The van der Waals surface area contributed by atoms with Gasteiger partial charge in [0.25, 0.3) is 5.91 Å². The number of hydrogen-bond acceptors (Lipinski definition) is 7. The highest BCUT2D eigenvalue weighted by Gasteiger charge is 2.35. The molecule has 3 aromatic carbocycles. The number of ether oxygens (including phenoxy) is 3. The lowest BCUT2D eigenvalue weighted by Crippen LogP contribution is -2.31. The largest absolute Gasteiger partial charge is 0.495 e. The zero-order valence-electron chi connectivity index (χ0n) is 21.0. The van der Waals surface area contributed by atoms with E-state index in [1.54, 1.807) is 38.1 Å². The van der Waals surface area contributed by atoms with Gasteiger partial charge in [0, 0.05) is 11.3 Å². The number of hydrogen-bond donors (Lipinski definition) is 2. The standard InChI is InChI=1S/C28H27N5O4/c1-17-24(27(34)30-20-12-8-9-13-21(20)35-2)25(19-14-15-22(36-3)23(16-19)37-4)33-28(29-17)31-26(32-33)18-10-6-5-7-11-18/h5-16,25H,1-4H3,(H,30,34)(H,29,31,32). The van der Waals surface area contributed by atoms with Crippen molar-refractivity contribution in [2.24, 2.45) is 0 Å². The van der Waals surface area contributed by atoms with Crippen molar-refractivity contribution in [1.82, 2.24) is 14.8 Å². The van der Waals surface area contributed by atoms with Crippen molar-refractivity contribution in [1.29, 1.82) is 0 Å². The topological polar surface area (TPSA) is 99.5 Å². The van der Waals surface area contributed by atoms with E-state index in [1.807, 2.05) is 67.6 Å². The second-order valence-electron chi connectivity index (χ2n) is 8.40. The Kier molecular flexibility index (Phi) is 6.51. The van der Waals surface area contributed by atoms with Gasteiger partial charge in [-0.2, -0.15) is 4.98 Å². The number of methoxy groups -OCH3 is 3. The van der Waals surface area contributed by atoms with Gasteiger partial charge in [-0.25, -0.2) is 4.68 Å². The average Bonchev–Trinajstić information content (AvgIpc) is 3.36. The van der Waals surface area contributed by atoms with E-state index in [4.69, 9.17) is 24.3 Å². The molecule has 0 saturated heterocycles. The van der Waals surface area contributed by atoms with Gasteiger partial charge in [0.2, 0.25) is 5.95 Å². The fraction of sp³-hybridized carbons (Fsp3) is 0.179. The highest BCUT2D eigenvalue weighted by Crippen LogP contribution is 2.40. The maximum absolute atomic E-state index is 13.8. The Morgan fingerprint density at radius 2 is 1.59 bits per heavy atom. The number of allylic oxidation sites excluding steroid dienone is 1. The zero-order chi connectivity index (χ0) is 25.9. The van der Waals surface area contributed by atoms with E-state index in [1.165, 1.54) is 0 Å². The first-order valence-corrected chi connectivity index (χ1v) is 11.7. The number of amides is 1. The van der Waals surface area contributed by atoms with E-state index in [0.717, 1.165) is 11.1 Å². The maximum atomic E-state index is 13.8. The smallest absolute Gasteiger partial charge is 0.255 e. The molecule has 0 radical (unpaired) electrons. The molecular weight excluding hydrogens is 470 g/mol. The predicted octanol–water partition coefficient (Wildman–Crippen LogP) is 4.90. The van der Waals surface area contributed by atoms with Crippen molar-refractivity contribution in [2.45, 2.75) is 13.0 Å². The van der Waals surface area contributed by atoms with E-state index in [0.29, 0.717) is 46.0 Å². The van der Waals surface area contributed by atoms with Crippen LogP contribution in [0.5, 0.6) is 17.2 Å². The van der Waals surface area contributed by atoms with Crippen LogP contribution >= 0.6 is 0 Å². The van der Waals surface area contributed by atoms with E-state index >= 15 is 0 Å². The van der Waals surface area contributed by atoms with Gasteiger partial charge in [0.05, 0.1) is 32.6 Å². The molecule has 0 spiro atoms. The second-order valence-corrected chi connectivity index (χ2v) is 8.40. The zero-order valence-corrected chi connectivity index (χ0v) is 21.0. The van der Waals surface area contributed by atoms with Crippen LogP contribution < -0.4 is 24.8 Å². The molecule has 9 nitrogen and oxygen atoms in total. The van der Waals surface area contributed by atoms with Gasteiger partial charge in [-0.05, 0) is 36.8 Å². The number of nitrogens with zero attached hydrogens (tertiary/aromatic N) is 3. The monoisotopic (exact) mass is 497 g/mol. The molecule has 1 aliphatic rings. The lowest BCUT2D eigenvalue weighted by Gasteiger charge is -2.29. The minimum Gasteiger partial charge on any atom is -0.495 e. The molecule has 37 heavy (non-hydrogen) atoms. The third-order valence-corrected chi connectivity index (χ3v) is 6.21. The Morgan fingerprint density at radius 3 is 2.32 bits per heavy atom. The number of nitrogens with one attached hydrogen (secondary N) is 2. The molecule has 188 valence electrons. The Bertz CT molecular complexity index is 1480. The van der Waals surface area contributed by atoms with Crippen molar-refractivity contribution in [3.8, 4) is 28.6 Å². The first-order valence-electron chi connectivity index (χ1n) is 11.7. The van der Waals surface area contributed by atoms with Gasteiger partial charge in [0.1, 0.15) is 11.8 Å². The molecule has 1 aliphatic heterocycles. The molecule has 0 saturated carbocycles. The summed E-state index contributed by atoms with van der Waals surface area (Å²) in [7, 11) is 4.73. The fourth-order valence-corrected chi connectivity index (χ4v) is 4.42. The van der Waals surface area contributed by atoms with Crippen LogP contribution in [0.3, 0.4) is 0 Å². The average molecular weight is 498 g/mol. The molecule has 0 bridgehead atoms. The number of anilines is 2. The molecule has 5 rings (SSSR count). The summed E-state index contributed by atoms with van der Waals surface area (Å²) in [6.07, 6.45) is 0. The van der Waals surface area contributed by atoms with E-state index in [2.05, 4.69) is 10.6 Å². The molecule has 0 aliphatic carbocycles. The molecular formula is C28H27N5O4. The number of para-hydroxylation sites is 2. The van der Waals surface area contributed by atoms with Crippen LogP contribution in [-0.4, -0.2) is 42.0 Å². The van der Waals surface area contributed by atoms with Gasteiger partial charge in [0.15, 0.2) is 17.3 Å². The number of carbonyl (C=O) groups excluding carboxylic acids is 1. The van der Waals surface area contributed by atoms with Crippen LogP contribution in [0.4, 0.5) is 11.6 Å². The normalized spacial score (nSPS) is 14.4. The molecule has 2 N–H and O–H groups in total. The van der Waals surface area contributed by atoms with Crippen LogP contribution in [0, 0.1) is 0 Å². The molecule has 1 aromatic heterocycles. The van der Waals surface area contributed by atoms with Crippen molar-refractivity contribution in [2.75, 3.05) is 32.0 Å².